The summed E-state index contributed by atoms with van der Waals surface area (Å²) in [5.74, 6) is 5.56. The molecule has 0 bridgehead atoms. The smallest absolute Gasteiger partial charge is 0.251 e. The molecule has 2 aromatic rings. The van der Waals surface area contributed by atoms with Crippen LogP contribution in [0.5, 0.6) is 0 Å². The van der Waals surface area contributed by atoms with Crippen LogP contribution in [0.2, 0.25) is 0 Å². The minimum atomic E-state index is -0.143. The third kappa shape index (κ3) is 4.16. The number of hydrogen-bond acceptors (Lipinski definition) is 3. The van der Waals surface area contributed by atoms with Gasteiger partial charge in [0.1, 0.15) is 0 Å². The first-order valence-electron chi connectivity index (χ1n) is 6.71. The van der Waals surface area contributed by atoms with Crippen LogP contribution in [-0.2, 0) is 0 Å². The lowest BCUT2D eigenvalue weighted by molar-refractivity contribution is 0.0939. The van der Waals surface area contributed by atoms with Crippen LogP contribution in [0.3, 0.4) is 0 Å². The van der Waals surface area contributed by atoms with Gasteiger partial charge in [0.2, 0.25) is 0 Å². The fourth-order valence-corrected chi connectivity index (χ4v) is 1.84. The molecule has 1 aromatic carbocycles. The number of hydrogen-bond donors (Lipinski definition) is 2. The lowest BCUT2D eigenvalue weighted by Crippen LogP contribution is -2.27. The molecular weight excluding hydrogens is 262 g/mol. The van der Waals surface area contributed by atoms with Crippen molar-refractivity contribution in [2.75, 3.05) is 6.54 Å². The highest BCUT2D eigenvalue weighted by Gasteiger charge is 2.11. The van der Waals surface area contributed by atoms with Crippen molar-refractivity contribution in [3.05, 3.63) is 65.5 Å². The Kier molecular flexibility index (Phi) is 5.08. The van der Waals surface area contributed by atoms with E-state index in [1.54, 1.807) is 18.3 Å². The number of carbonyl (C=O) groups is 1. The van der Waals surface area contributed by atoms with Crippen molar-refractivity contribution in [1.82, 2.24) is 10.3 Å². The van der Waals surface area contributed by atoms with Gasteiger partial charge in [0.15, 0.2) is 0 Å². The van der Waals surface area contributed by atoms with Gasteiger partial charge in [0.25, 0.3) is 5.91 Å². The quantitative estimate of drug-likeness (QED) is 0.843. The topological polar surface area (TPSA) is 68.0 Å². The van der Waals surface area contributed by atoms with E-state index in [4.69, 9.17) is 5.73 Å². The van der Waals surface area contributed by atoms with Gasteiger partial charge in [-0.3, -0.25) is 9.78 Å². The van der Waals surface area contributed by atoms with Crippen molar-refractivity contribution in [2.24, 2.45) is 5.73 Å². The van der Waals surface area contributed by atoms with Crippen LogP contribution in [0.4, 0.5) is 0 Å². The molecule has 0 saturated heterocycles. The standard InChI is InChI=1S/C17H17N3O/c1-13(16-6-2-3-12-19-16)20-17(21)15-9-7-14(8-10-15)5-4-11-18/h2-3,6-10,12-13H,11,18H2,1H3,(H,20,21). The third-order valence-corrected chi connectivity index (χ3v) is 2.96. The third-order valence-electron chi connectivity index (χ3n) is 2.96. The molecule has 0 radical (unpaired) electrons. The Hall–Kier alpha value is -2.64. The van der Waals surface area contributed by atoms with E-state index in [-0.39, 0.29) is 11.9 Å². The number of amides is 1. The van der Waals surface area contributed by atoms with Crippen LogP contribution in [0.25, 0.3) is 0 Å². The predicted molar refractivity (Wildman–Crippen MR) is 82.5 cm³/mol. The van der Waals surface area contributed by atoms with Gasteiger partial charge >= 0.3 is 0 Å². The van der Waals surface area contributed by atoms with Gasteiger partial charge in [-0.05, 0) is 43.3 Å². The molecule has 4 heteroatoms. The van der Waals surface area contributed by atoms with Crippen LogP contribution < -0.4 is 11.1 Å². The minimum absolute atomic E-state index is 0.133. The molecule has 0 saturated carbocycles. The van der Waals surface area contributed by atoms with Crippen LogP contribution in [-0.4, -0.2) is 17.4 Å². The summed E-state index contributed by atoms with van der Waals surface area (Å²) >= 11 is 0. The van der Waals surface area contributed by atoms with E-state index in [0.717, 1.165) is 11.3 Å². The van der Waals surface area contributed by atoms with Crippen molar-refractivity contribution < 1.29 is 4.79 Å². The average molecular weight is 279 g/mol. The van der Waals surface area contributed by atoms with E-state index < -0.39 is 0 Å². The SMILES string of the molecule is CC(NC(=O)c1ccc(C#CCN)cc1)c1ccccn1. The Labute approximate surface area is 124 Å². The number of pyridine rings is 1. The molecule has 1 heterocycles. The molecule has 1 amide bonds. The Balaban J connectivity index is 2.03. The van der Waals surface area contributed by atoms with Crippen LogP contribution in [0.1, 0.15) is 34.6 Å². The fraction of sp³-hybridized carbons (Fsp3) is 0.176. The number of nitrogens with zero attached hydrogens (tertiary/aromatic N) is 1. The van der Waals surface area contributed by atoms with Gasteiger partial charge < -0.3 is 11.1 Å². The molecule has 0 aliphatic carbocycles. The Morgan fingerprint density at radius 2 is 2.05 bits per heavy atom. The molecule has 4 nitrogen and oxygen atoms in total. The second-order valence-corrected chi connectivity index (χ2v) is 4.53. The number of carbonyl (C=O) groups excluding carboxylic acids is 1. The first-order valence-corrected chi connectivity index (χ1v) is 6.71. The van der Waals surface area contributed by atoms with Crippen LogP contribution in [0.15, 0.2) is 48.7 Å². The Morgan fingerprint density at radius 1 is 1.29 bits per heavy atom. The molecule has 106 valence electrons. The summed E-state index contributed by atoms with van der Waals surface area (Å²) in [4.78, 5) is 16.4. The largest absolute Gasteiger partial charge is 0.344 e. The van der Waals surface area contributed by atoms with Crippen LogP contribution in [0, 0.1) is 11.8 Å². The maximum atomic E-state index is 12.2. The van der Waals surface area contributed by atoms with Crippen molar-refractivity contribution in [3.63, 3.8) is 0 Å². The number of benzene rings is 1. The van der Waals surface area contributed by atoms with Crippen molar-refractivity contribution in [3.8, 4) is 11.8 Å². The normalized spacial score (nSPS) is 11.1. The summed E-state index contributed by atoms with van der Waals surface area (Å²) in [5, 5.41) is 2.92. The predicted octanol–water partition coefficient (Wildman–Crippen LogP) is 1.88. The number of aromatic nitrogens is 1. The second kappa shape index (κ2) is 7.22. The highest BCUT2D eigenvalue weighted by Crippen LogP contribution is 2.10. The summed E-state index contributed by atoms with van der Waals surface area (Å²) < 4.78 is 0. The molecule has 0 aliphatic rings. The molecule has 0 fully saturated rings. The number of nitrogens with two attached hydrogens (primary N) is 1. The zero-order valence-electron chi connectivity index (χ0n) is 11.8. The van der Waals surface area contributed by atoms with Gasteiger partial charge in [0, 0.05) is 17.3 Å². The summed E-state index contributed by atoms with van der Waals surface area (Å²) in [5.41, 5.74) is 7.59. The summed E-state index contributed by atoms with van der Waals surface area (Å²) in [7, 11) is 0. The first-order chi connectivity index (χ1) is 10.2. The molecule has 0 aliphatic heterocycles. The number of nitrogens with one attached hydrogen (secondary N) is 1. The van der Waals surface area contributed by atoms with Gasteiger partial charge in [-0.2, -0.15) is 0 Å². The van der Waals surface area contributed by atoms with Crippen molar-refractivity contribution >= 4 is 5.91 Å². The van der Waals surface area contributed by atoms with Gasteiger partial charge in [0.05, 0.1) is 18.3 Å². The number of rotatable bonds is 3. The van der Waals surface area contributed by atoms with E-state index >= 15 is 0 Å². The summed E-state index contributed by atoms with van der Waals surface area (Å²) in [6.45, 7) is 2.23. The average Bonchev–Trinajstić information content (AvgIpc) is 2.54. The van der Waals surface area contributed by atoms with Gasteiger partial charge in [-0.15, -0.1) is 0 Å². The Morgan fingerprint density at radius 3 is 2.67 bits per heavy atom. The fourth-order valence-electron chi connectivity index (χ4n) is 1.84. The minimum Gasteiger partial charge on any atom is -0.344 e. The molecule has 1 atom stereocenters. The highest BCUT2D eigenvalue weighted by atomic mass is 16.1. The van der Waals surface area contributed by atoms with Crippen LogP contribution >= 0.6 is 0 Å². The Bertz CT molecular complexity index is 654. The molecular formula is C17H17N3O. The first kappa shape index (κ1) is 14.8. The molecule has 3 N–H and O–H groups in total. The monoisotopic (exact) mass is 279 g/mol. The van der Waals surface area contributed by atoms with Crippen molar-refractivity contribution in [2.45, 2.75) is 13.0 Å². The summed E-state index contributed by atoms with van der Waals surface area (Å²) in [6.07, 6.45) is 1.71. The van der Waals surface area contributed by atoms with Gasteiger partial charge in [-0.1, -0.05) is 17.9 Å². The maximum Gasteiger partial charge on any atom is 0.251 e. The molecule has 0 spiro atoms. The highest BCUT2D eigenvalue weighted by molar-refractivity contribution is 5.94. The molecule has 21 heavy (non-hydrogen) atoms. The van der Waals surface area contributed by atoms with E-state index in [1.165, 1.54) is 0 Å². The zero-order valence-corrected chi connectivity index (χ0v) is 11.8. The molecule has 1 aromatic heterocycles. The second-order valence-electron chi connectivity index (χ2n) is 4.53. The molecule has 1 unspecified atom stereocenters. The van der Waals surface area contributed by atoms with Gasteiger partial charge in [-0.25, -0.2) is 0 Å². The lowest BCUT2D eigenvalue weighted by Gasteiger charge is -2.13. The van der Waals surface area contributed by atoms with E-state index in [1.807, 2.05) is 37.3 Å². The molecule has 2 rings (SSSR count). The lowest BCUT2D eigenvalue weighted by atomic mass is 10.1. The van der Waals surface area contributed by atoms with Crippen molar-refractivity contribution in [1.29, 1.82) is 0 Å². The van der Waals surface area contributed by atoms with E-state index in [2.05, 4.69) is 22.1 Å². The van der Waals surface area contributed by atoms with E-state index in [0.29, 0.717) is 12.1 Å². The zero-order chi connectivity index (χ0) is 15.1. The van der Waals surface area contributed by atoms with E-state index in [9.17, 15) is 4.79 Å². The summed E-state index contributed by atoms with van der Waals surface area (Å²) in [6, 6.07) is 12.6. The maximum absolute atomic E-state index is 12.2.